The van der Waals surface area contributed by atoms with Crippen molar-refractivity contribution in [2.75, 3.05) is 11.9 Å². The van der Waals surface area contributed by atoms with Crippen LogP contribution in [0.5, 0.6) is 0 Å². The molecule has 0 aromatic carbocycles. The first-order valence-corrected chi connectivity index (χ1v) is 7.31. The summed E-state index contributed by atoms with van der Waals surface area (Å²) in [6, 6.07) is 3.53. The number of hydrogen-bond donors (Lipinski definition) is 2. The van der Waals surface area contributed by atoms with Crippen LogP contribution >= 0.6 is 11.3 Å². The molecule has 1 aliphatic heterocycles. The molecule has 3 heterocycles. The lowest BCUT2D eigenvalue weighted by atomic mass is 9.97. The van der Waals surface area contributed by atoms with E-state index >= 15 is 0 Å². The Kier molecular flexibility index (Phi) is 3.57. The highest BCUT2D eigenvalue weighted by molar-refractivity contribution is 7.14. The molecule has 1 aliphatic rings. The fourth-order valence-corrected chi connectivity index (χ4v) is 2.99. The molecule has 0 radical (unpaired) electrons. The Bertz CT molecular complexity index is 685. The molecule has 3 rings (SSSR count). The van der Waals surface area contributed by atoms with E-state index in [-0.39, 0.29) is 11.6 Å². The number of rotatable bonds is 2. The average molecular weight is 303 g/mol. The summed E-state index contributed by atoms with van der Waals surface area (Å²) >= 11 is 1.46. The van der Waals surface area contributed by atoms with Crippen molar-refractivity contribution < 1.29 is 14.7 Å². The fourth-order valence-electron chi connectivity index (χ4n) is 2.39. The van der Waals surface area contributed by atoms with Crippen LogP contribution in [0.2, 0.25) is 0 Å². The van der Waals surface area contributed by atoms with Crippen LogP contribution in [-0.2, 0) is 13.0 Å². The molecule has 0 spiro atoms. The number of carbonyl (C=O) groups is 2. The van der Waals surface area contributed by atoms with Crippen molar-refractivity contribution in [3.8, 4) is 0 Å². The van der Waals surface area contributed by atoms with Gasteiger partial charge >= 0.3 is 12.0 Å². The second kappa shape index (κ2) is 5.53. The van der Waals surface area contributed by atoms with Crippen LogP contribution in [0.15, 0.2) is 29.9 Å². The van der Waals surface area contributed by atoms with Crippen molar-refractivity contribution in [3.63, 3.8) is 0 Å². The van der Waals surface area contributed by atoms with Gasteiger partial charge in [-0.3, -0.25) is 10.3 Å². The summed E-state index contributed by atoms with van der Waals surface area (Å²) in [5.41, 5.74) is 1.80. The number of carboxylic acid groups (broad SMARTS) is 1. The summed E-state index contributed by atoms with van der Waals surface area (Å²) in [7, 11) is 0. The number of amides is 2. The highest BCUT2D eigenvalue weighted by Gasteiger charge is 2.24. The molecule has 0 unspecified atom stereocenters. The molecule has 6 nitrogen and oxygen atoms in total. The quantitative estimate of drug-likeness (QED) is 0.892. The van der Waals surface area contributed by atoms with Gasteiger partial charge < -0.3 is 10.0 Å². The molecule has 0 bridgehead atoms. The molecular weight excluding hydrogens is 290 g/mol. The van der Waals surface area contributed by atoms with Crippen LogP contribution in [0.4, 0.5) is 9.80 Å². The highest BCUT2D eigenvalue weighted by Crippen LogP contribution is 2.23. The Labute approximate surface area is 125 Å². The van der Waals surface area contributed by atoms with Crippen molar-refractivity contribution in [1.29, 1.82) is 0 Å². The number of hydrogen-bond acceptors (Lipinski definition) is 4. The normalized spacial score (nSPS) is 13.6. The summed E-state index contributed by atoms with van der Waals surface area (Å²) in [5.74, 6) is -0.976. The topological polar surface area (TPSA) is 82.5 Å². The Morgan fingerprint density at radius 1 is 1.38 bits per heavy atom. The molecule has 7 heteroatoms. The van der Waals surface area contributed by atoms with E-state index in [1.165, 1.54) is 17.5 Å². The predicted octanol–water partition coefficient (Wildman–Crippen LogP) is 2.43. The first-order valence-electron chi connectivity index (χ1n) is 6.43. The van der Waals surface area contributed by atoms with Crippen LogP contribution in [0.1, 0.15) is 21.5 Å². The Morgan fingerprint density at radius 3 is 2.95 bits per heavy atom. The Balaban J connectivity index is 1.77. The van der Waals surface area contributed by atoms with Gasteiger partial charge in [-0.1, -0.05) is 0 Å². The standard InChI is InChI=1S/C14H13N3O3S/c18-13(19)11-7-15-6-9-8-17(4-3-10(9)11)14(20)16-12-2-1-5-21-12/h1-2,5-7H,3-4,8H2,(H,16,20)(H,18,19). The number of nitrogens with one attached hydrogen (secondary N) is 1. The summed E-state index contributed by atoms with van der Waals surface area (Å²) in [6.07, 6.45) is 3.52. The van der Waals surface area contributed by atoms with E-state index in [0.29, 0.717) is 19.5 Å². The predicted molar refractivity (Wildman–Crippen MR) is 78.6 cm³/mol. The Hall–Kier alpha value is -2.41. The molecule has 2 aromatic rings. The number of aromatic carboxylic acids is 1. The van der Waals surface area contributed by atoms with Gasteiger partial charge in [0.1, 0.15) is 0 Å². The molecule has 108 valence electrons. The maximum Gasteiger partial charge on any atom is 0.337 e. The molecule has 0 fully saturated rings. The number of carboxylic acids is 1. The lowest BCUT2D eigenvalue weighted by molar-refractivity contribution is 0.0694. The maximum absolute atomic E-state index is 12.2. The van der Waals surface area contributed by atoms with Gasteiger partial charge in [-0.2, -0.15) is 0 Å². The van der Waals surface area contributed by atoms with E-state index in [2.05, 4.69) is 10.3 Å². The highest BCUT2D eigenvalue weighted by atomic mass is 32.1. The SMILES string of the molecule is O=C(O)c1cncc2c1CCN(C(=O)Nc1cccs1)C2. The number of thiophene rings is 1. The van der Waals surface area contributed by atoms with Gasteiger partial charge in [0.25, 0.3) is 0 Å². The van der Waals surface area contributed by atoms with Crippen LogP contribution in [-0.4, -0.2) is 33.5 Å². The van der Waals surface area contributed by atoms with Crippen molar-refractivity contribution in [2.45, 2.75) is 13.0 Å². The first-order chi connectivity index (χ1) is 10.1. The smallest absolute Gasteiger partial charge is 0.337 e. The van der Waals surface area contributed by atoms with Crippen LogP contribution in [0.25, 0.3) is 0 Å². The number of fused-ring (bicyclic) bond motifs is 1. The summed E-state index contributed by atoms with van der Waals surface area (Å²) in [5, 5.41) is 14.7. The first kappa shape index (κ1) is 13.6. The van der Waals surface area contributed by atoms with Gasteiger partial charge in [-0.25, -0.2) is 9.59 Å². The van der Waals surface area contributed by atoms with Gasteiger partial charge in [0, 0.05) is 25.5 Å². The fraction of sp³-hybridized carbons (Fsp3) is 0.214. The zero-order chi connectivity index (χ0) is 14.8. The maximum atomic E-state index is 12.2. The van der Waals surface area contributed by atoms with E-state index in [0.717, 1.165) is 16.1 Å². The minimum atomic E-state index is -0.976. The largest absolute Gasteiger partial charge is 0.478 e. The second-order valence-electron chi connectivity index (χ2n) is 4.71. The Morgan fingerprint density at radius 2 is 2.24 bits per heavy atom. The minimum Gasteiger partial charge on any atom is -0.478 e. The van der Waals surface area contributed by atoms with Gasteiger partial charge in [0.15, 0.2) is 0 Å². The van der Waals surface area contributed by atoms with Crippen molar-refractivity contribution >= 4 is 28.3 Å². The molecule has 0 aliphatic carbocycles. The van der Waals surface area contributed by atoms with Gasteiger partial charge in [0.05, 0.1) is 10.6 Å². The van der Waals surface area contributed by atoms with Crippen LogP contribution in [0.3, 0.4) is 0 Å². The van der Waals surface area contributed by atoms with Gasteiger partial charge in [0.2, 0.25) is 0 Å². The molecule has 0 saturated carbocycles. The monoisotopic (exact) mass is 303 g/mol. The second-order valence-corrected chi connectivity index (χ2v) is 5.66. The van der Waals surface area contributed by atoms with E-state index in [1.807, 2.05) is 17.5 Å². The third-order valence-corrected chi connectivity index (χ3v) is 4.19. The van der Waals surface area contributed by atoms with E-state index in [4.69, 9.17) is 5.11 Å². The number of anilines is 1. The van der Waals surface area contributed by atoms with Crippen molar-refractivity contribution in [3.05, 3.63) is 46.6 Å². The minimum absolute atomic E-state index is 0.177. The molecule has 2 N–H and O–H groups in total. The number of pyridine rings is 1. The lowest BCUT2D eigenvalue weighted by Crippen LogP contribution is -2.39. The molecule has 2 aromatic heterocycles. The molecular formula is C14H13N3O3S. The summed E-state index contributed by atoms with van der Waals surface area (Å²) < 4.78 is 0. The lowest BCUT2D eigenvalue weighted by Gasteiger charge is -2.29. The van der Waals surface area contributed by atoms with E-state index in [1.54, 1.807) is 11.1 Å². The third kappa shape index (κ3) is 2.73. The van der Waals surface area contributed by atoms with Crippen LogP contribution < -0.4 is 5.32 Å². The van der Waals surface area contributed by atoms with Crippen molar-refractivity contribution in [1.82, 2.24) is 9.88 Å². The average Bonchev–Trinajstić information content (AvgIpc) is 2.98. The van der Waals surface area contributed by atoms with Crippen molar-refractivity contribution in [2.24, 2.45) is 0 Å². The number of nitrogens with zero attached hydrogens (tertiary/aromatic N) is 2. The third-order valence-electron chi connectivity index (χ3n) is 3.41. The summed E-state index contributed by atoms with van der Waals surface area (Å²) in [6.45, 7) is 0.870. The molecule has 0 atom stereocenters. The number of carbonyl (C=O) groups excluding carboxylic acids is 1. The molecule has 0 saturated heterocycles. The summed E-state index contributed by atoms with van der Waals surface area (Å²) in [4.78, 5) is 29.0. The molecule has 21 heavy (non-hydrogen) atoms. The molecule has 2 amide bonds. The number of aromatic nitrogens is 1. The zero-order valence-corrected chi connectivity index (χ0v) is 11.9. The number of urea groups is 1. The van der Waals surface area contributed by atoms with E-state index < -0.39 is 5.97 Å². The van der Waals surface area contributed by atoms with E-state index in [9.17, 15) is 9.59 Å². The zero-order valence-electron chi connectivity index (χ0n) is 11.1. The van der Waals surface area contributed by atoms with Gasteiger partial charge in [-0.15, -0.1) is 11.3 Å². The van der Waals surface area contributed by atoms with Crippen LogP contribution in [0, 0.1) is 0 Å². The van der Waals surface area contributed by atoms with Gasteiger partial charge in [-0.05, 0) is 35.1 Å².